The quantitative estimate of drug-likeness (QED) is 0.842. The maximum Gasteiger partial charge on any atom is 0.0955 e. The molecule has 2 aromatic rings. The minimum atomic E-state index is 0.116. The molecular weight excluding hydrogens is 257 g/mol. The predicted octanol–water partition coefficient (Wildman–Crippen LogP) is 5.07. The summed E-state index contributed by atoms with van der Waals surface area (Å²) in [7, 11) is 0. The molecule has 17 heavy (non-hydrogen) atoms. The molecule has 0 aliphatic rings. The van der Waals surface area contributed by atoms with E-state index in [0.29, 0.717) is 10.0 Å². The first-order valence-electron chi connectivity index (χ1n) is 5.32. The van der Waals surface area contributed by atoms with Crippen molar-refractivity contribution in [3.63, 3.8) is 0 Å². The number of aryl methyl sites for hydroxylation is 1. The molecule has 0 radical (unpaired) electrons. The lowest BCUT2D eigenvalue weighted by Crippen LogP contribution is -2.06. The third kappa shape index (κ3) is 2.76. The highest BCUT2D eigenvalue weighted by Crippen LogP contribution is 2.31. The summed E-state index contributed by atoms with van der Waals surface area (Å²) in [6.07, 6.45) is 3.36. The van der Waals surface area contributed by atoms with Gasteiger partial charge in [-0.25, -0.2) is 0 Å². The second-order valence-electron chi connectivity index (χ2n) is 4.00. The van der Waals surface area contributed by atoms with Crippen molar-refractivity contribution in [3.8, 4) is 0 Å². The summed E-state index contributed by atoms with van der Waals surface area (Å²) < 4.78 is 5.05. The van der Waals surface area contributed by atoms with E-state index in [0.717, 1.165) is 16.8 Å². The lowest BCUT2D eigenvalue weighted by atomic mass is 10.1. The molecule has 0 aliphatic heterocycles. The number of hydrogen-bond acceptors (Lipinski definition) is 2. The Balaban J connectivity index is 2.22. The van der Waals surface area contributed by atoms with Crippen molar-refractivity contribution < 1.29 is 4.42 Å². The second kappa shape index (κ2) is 5.03. The van der Waals surface area contributed by atoms with Crippen LogP contribution >= 0.6 is 23.2 Å². The number of furan rings is 1. The zero-order chi connectivity index (χ0) is 12.4. The molecule has 1 aromatic carbocycles. The van der Waals surface area contributed by atoms with E-state index in [9.17, 15) is 0 Å². The topological polar surface area (TPSA) is 25.2 Å². The predicted molar refractivity (Wildman–Crippen MR) is 71.9 cm³/mol. The molecule has 2 rings (SSSR count). The van der Waals surface area contributed by atoms with Crippen molar-refractivity contribution in [3.05, 3.63) is 51.9 Å². The van der Waals surface area contributed by atoms with Gasteiger partial charge in [0.15, 0.2) is 0 Å². The Labute approximate surface area is 111 Å². The molecule has 1 unspecified atom stereocenters. The van der Waals surface area contributed by atoms with Gasteiger partial charge in [0, 0.05) is 10.6 Å². The van der Waals surface area contributed by atoms with E-state index in [-0.39, 0.29) is 6.04 Å². The molecule has 1 N–H and O–H groups in total. The zero-order valence-electron chi connectivity index (χ0n) is 9.63. The van der Waals surface area contributed by atoms with Crippen LogP contribution in [0.3, 0.4) is 0 Å². The van der Waals surface area contributed by atoms with Gasteiger partial charge in [0.2, 0.25) is 0 Å². The van der Waals surface area contributed by atoms with Crippen LogP contribution in [0.25, 0.3) is 0 Å². The first-order valence-corrected chi connectivity index (χ1v) is 6.08. The van der Waals surface area contributed by atoms with Crippen LogP contribution in [0.5, 0.6) is 0 Å². The molecule has 0 fully saturated rings. The molecule has 1 heterocycles. The summed E-state index contributed by atoms with van der Waals surface area (Å²) in [6.45, 7) is 3.96. The van der Waals surface area contributed by atoms with Gasteiger partial charge in [0.05, 0.1) is 29.3 Å². The maximum atomic E-state index is 6.16. The van der Waals surface area contributed by atoms with E-state index in [1.54, 1.807) is 12.5 Å². The van der Waals surface area contributed by atoms with Crippen LogP contribution in [0.15, 0.2) is 35.1 Å². The molecule has 0 bridgehead atoms. The smallest absolute Gasteiger partial charge is 0.0955 e. The van der Waals surface area contributed by atoms with Gasteiger partial charge in [-0.15, -0.1) is 0 Å². The highest BCUT2D eigenvalue weighted by molar-refractivity contribution is 6.35. The molecule has 0 saturated heterocycles. The lowest BCUT2D eigenvalue weighted by Gasteiger charge is -2.15. The van der Waals surface area contributed by atoms with Gasteiger partial charge in [-0.3, -0.25) is 0 Å². The Kier molecular flexibility index (Phi) is 3.65. The van der Waals surface area contributed by atoms with Gasteiger partial charge in [-0.05, 0) is 37.6 Å². The molecule has 0 amide bonds. The molecule has 90 valence electrons. The summed E-state index contributed by atoms with van der Waals surface area (Å²) >= 11 is 12.2. The van der Waals surface area contributed by atoms with Crippen LogP contribution in [0, 0.1) is 6.92 Å². The van der Waals surface area contributed by atoms with Gasteiger partial charge in [0.1, 0.15) is 0 Å². The fraction of sp³-hybridized carbons (Fsp3) is 0.231. The average molecular weight is 270 g/mol. The number of hydrogen-bond donors (Lipinski definition) is 1. The Hall–Kier alpha value is -1.12. The number of anilines is 1. The van der Waals surface area contributed by atoms with E-state index >= 15 is 0 Å². The van der Waals surface area contributed by atoms with Gasteiger partial charge in [0.25, 0.3) is 0 Å². The number of nitrogens with one attached hydrogen (secondary N) is 1. The van der Waals surface area contributed by atoms with Crippen molar-refractivity contribution in [1.29, 1.82) is 0 Å². The Morgan fingerprint density at radius 3 is 2.65 bits per heavy atom. The SMILES string of the molecule is Cc1cc(Cl)c(NC(C)c2ccoc2)cc1Cl. The number of rotatable bonds is 3. The maximum absolute atomic E-state index is 6.16. The fourth-order valence-corrected chi connectivity index (χ4v) is 2.03. The summed E-state index contributed by atoms with van der Waals surface area (Å²) in [5.41, 5.74) is 2.87. The molecular formula is C13H13Cl2NO. The third-order valence-electron chi connectivity index (χ3n) is 2.66. The largest absolute Gasteiger partial charge is 0.472 e. The fourth-order valence-electron chi connectivity index (χ4n) is 1.59. The standard InChI is InChI=1S/C13H13Cl2NO/c1-8-5-12(15)13(6-11(8)14)16-9(2)10-3-4-17-7-10/h3-7,9,16H,1-2H3. The van der Waals surface area contributed by atoms with Gasteiger partial charge in [-0.2, -0.15) is 0 Å². The summed E-state index contributed by atoms with van der Waals surface area (Å²) in [4.78, 5) is 0. The molecule has 4 heteroatoms. The van der Waals surface area contributed by atoms with Crippen LogP contribution in [-0.4, -0.2) is 0 Å². The number of halogens is 2. The van der Waals surface area contributed by atoms with E-state index in [4.69, 9.17) is 27.6 Å². The first-order chi connectivity index (χ1) is 8.08. The van der Waals surface area contributed by atoms with Gasteiger partial charge >= 0.3 is 0 Å². The van der Waals surface area contributed by atoms with Crippen molar-refractivity contribution >= 4 is 28.9 Å². The van der Waals surface area contributed by atoms with E-state index < -0.39 is 0 Å². The Morgan fingerprint density at radius 1 is 1.24 bits per heavy atom. The molecule has 0 saturated carbocycles. The summed E-state index contributed by atoms with van der Waals surface area (Å²) in [5.74, 6) is 0. The van der Waals surface area contributed by atoms with Crippen molar-refractivity contribution in [2.75, 3.05) is 5.32 Å². The monoisotopic (exact) mass is 269 g/mol. The highest BCUT2D eigenvalue weighted by Gasteiger charge is 2.10. The van der Waals surface area contributed by atoms with Crippen LogP contribution in [0.2, 0.25) is 10.0 Å². The van der Waals surface area contributed by atoms with Crippen LogP contribution < -0.4 is 5.32 Å². The van der Waals surface area contributed by atoms with E-state index in [1.807, 2.05) is 32.0 Å². The second-order valence-corrected chi connectivity index (χ2v) is 4.82. The van der Waals surface area contributed by atoms with Crippen molar-refractivity contribution in [2.45, 2.75) is 19.9 Å². The van der Waals surface area contributed by atoms with Crippen LogP contribution in [-0.2, 0) is 0 Å². The van der Waals surface area contributed by atoms with Crippen molar-refractivity contribution in [1.82, 2.24) is 0 Å². The Morgan fingerprint density at radius 2 is 2.00 bits per heavy atom. The summed E-state index contributed by atoms with van der Waals surface area (Å²) in [5, 5.41) is 4.68. The third-order valence-corrected chi connectivity index (χ3v) is 3.38. The Bertz CT molecular complexity index is 508. The molecule has 0 spiro atoms. The van der Waals surface area contributed by atoms with Gasteiger partial charge in [-0.1, -0.05) is 23.2 Å². The van der Waals surface area contributed by atoms with E-state index in [2.05, 4.69) is 5.32 Å². The zero-order valence-corrected chi connectivity index (χ0v) is 11.1. The average Bonchev–Trinajstić information content (AvgIpc) is 2.79. The van der Waals surface area contributed by atoms with Crippen LogP contribution in [0.4, 0.5) is 5.69 Å². The molecule has 1 atom stereocenters. The molecule has 1 aromatic heterocycles. The number of benzene rings is 1. The highest BCUT2D eigenvalue weighted by atomic mass is 35.5. The van der Waals surface area contributed by atoms with Crippen molar-refractivity contribution in [2.24, 2.45) is 0 Å². The van der Waals surface area contributed by atoms with Gasteiger partial charge < -0.3 is 9.73 Å². The minimum absolute atomic E-state index is 0.116. The molecule has 0 aliphatic carbocycles. The minimum Gasteiger partial charge on any atom is -0.472 e. The molecule has 2 nitrogen and oxygen atoms in total. The first kappa shape index (κ1) is 12.3. The van der Waals surface area contributed by atoms with E-state index in [1.165, 1.54) is 0 Å². The summed E-state index contributed by atoms with van der Waals surface area (Å²) in [6, 6.07) is 5.73. The van der Waals surface area contributed by atoms with Crippen LogP contribution in [0.1, 0.15) is 24.1 Å². The lowest BCUT2D eigenvalue weighted by molar-refractivity contribution is 0.562. The normalized spacial score (nSPS) is 12.5.